The largest absolute Gasteiger partial charge is 0.497 e. The lowest BCUT2D eigenvalue weighted by molar-refractivity contribution is -0.123. The van der Waals surface area contributed by atoms with Crippen LogP contribution in [0.25, 0.3) is 0 Å². The van der Waals surface area contributed by atoms with E-state index in [2.05, 4.69) is 5.32 Å². The molecule has 7 nitrogen and oxygen atoms in total. The molecular formula is C22H28N2O5. The third kappa shape index (κ3) is 6.50. The monoisotopic (exact) mass is 400 g/mol. The van der Waals surface area contributed by atoms with Gasteiger partial charge in [0.2, 0.25) is 5.91 Å². The van der Waals surface area contributed by atoms with Gasteiger partial charge in [0.25, 0.3) is 0 Å². The summed E-state index contributed by atoms with van der Waals surface area (Å²) in [7, 11) is 3.13. The molecule has 0 atom stereocenters. The molecule has 0 fully saturated rings. The van der Waals surface area contributed by atoms with E-state index in [1.54, 1.807) is 62.8 Å². The van der Waals surface area contributed by atoms with E-state index in [0.717, 1.165) is 0 Å². The molecule has 156 valence electrons. The van der Waals surface area contributed by atoms with E-state index >= 15 is 0 Å². The number of nitrogens with one attached hydrogen (secondary N) is 1. The first-order valence-electron chi connectivity index (χ1n) is 9.28. The fourth-order valence-corrected chi connectivity index (χ4v) is 2.40. The summed E-state index contributed by atoms with van der Waals surface area (Å²) in [5, 5.41) is 2.83. The number of rotatable bonds is 7. The van der Waals surface area contributed by atoms with E-state index in [4.69, 9.17) is 14.2 Å². The van der Waals surface area contributed by atoms with Crippen molar-refractivity contribution in [2.75, 3.05) is 37.6 Å². The Morgan fingerprint density at radius 3 is 2.34 bits per heavy atom. The van der Waals surface area contributed by atoms with Gasteiger partial charge in [0.1, 0.15) is 11.5 Å². The van der Waals surface area contributed by atoms with Gasteiger partial charge in [-0.05, 0) is 24.3 Å². The van der Waals surface area contributed by atoms with Crippen LogP contribution in [-0.4, -0.2) is 39.4 Å². The number of ether oxygens (including phenoxy) is 3. The van der Waals surface area contributed by atoms with Crippen LogP contribution in [0.2, 0.25) is 0 Å². The SMILES string of the molecule is COCCN(C(=O)Oc1cccc(NC(=O)C(C)(C)C)c1)c1cccc(OC)c1. The molecule has 0 saturated carbocycles. The fourth-order valence-electron chi connectivity index (χ4n) is 2.40. The number of carbonyl (C=O) groups is 2. The van der Waals surface area contributed by atoms with Crippen molar-refractivity contribution in [1.82, 2.24) is 0 Å². The van der Waals surface area contributed by atoms with Gasteiger partial charge in [-0.3, -0.25) is 9.69 Å². The summed E-state index contributed by atoms with van der Waals surface area (Å²) in [5.74, 6) is 0.829. The van der Waals surface area contributed by atoms with Gasteiger partial charge in [-0.15, -0.1) is 0 Å². The van der Waals surface area contributed by atoms with Crippen molar-refractivity contribution in [2.45, 2.75) is 20.8 Å². The van der Waals surface area contributed by atoms with Gasteiger partial charge in [0.05, 0.1) is 25.9 Å². The fraction of sp³-hybridized carbons (Fsp3) is 0.364. The van der Waals surface area contributed by atoms with Crippen molar-refractivity contribution in [3.05, 3.63) is 48.5 Å². The maximum atomic E-state index is 12.8. The zero-order chi connectivity index (χ0) is 21.4. The zero-order valence-electron chi connectivity index (χ0n) is 17.5. The summed E-state index contributed by atoms with van der Waals surface area (Å²) in [4.78, 5) is 26.5. The van der Waals surface area contributed by atoms with Crippen LogP contribution in [0.5, 0.6) is 11.5 Å². The van der Waals surface area contributed by atoms with E-state index in [9.17, 15) is 9.59 Å². The molecule has 0 aliphatic carbocycles. The first-order chi connectivity index (χ1) is 13.7. The molecule has 2 rings (SSSR count). The summed E-state index contributed by atoms with van der Waals surface area (Å²) in [6, 6.07) is 13.9. The molecule has 0 saturated heterocycles. The van der Waals surface area contributed by atoms with Gasteiger partial charge in [0, 0.05) is 30.3 Å². The second kappa shape index (κ2) is 9.93. The minimum atomic E-state index is -0.561. The third-order valence-corrected chi connectivity index (χ3v) is 4.08. The summed E-state index contributed by atoms with van der Waals surface area (Å²) in [5.41, 5.74) is 0.652. The standard InChI is InChI=1S/C22H28N2O5/c1-22(2,3)20(25)23-16-8-6-11-19(14-16)29-21(26)24(12-13-27-4)17-9-7-10-18(15-17)28-5/h6-11,14-15H,12-13H2,1-5H3,(H,23,25). The van der Waals surface area contributed by atoms with Crippen LogP contribution in [0.1, 0.15) is 20.8 Å². The predicted octanol–water partition coefficient (Wildman–Crippen LogP) is 4.33. The lowest BCUT2D eigenvalue weighted by atomic mass is 9.95. The van der Waals surface area contributed by atoms with Crippen LogP contribution in [0, 0.1) is 5.41 Å². The number of hydrogen-bond donors (Lipinski definition) is 1. The maximum Gasteiger partial charge on any atom is 0.419 e. The van der Waals surface area contributed by atoms with Crippen LogP contribution in [-0.2, 0) is 9.53 Å². The molecule has 0 radical (unpaired) electrons. The van der Waals surface area contributed by atoms with Crippen LogP contribution < -0.4 is 19.7 Å². The van der Waals surface area contributed by atoms with Crippen LogP contribution >= 0.6 is 0 Å². The lowest BCUT2D eigenvalue weighted by Crippen LogP contribution is -2.36. The predicted molar refractivity (Wildman–Crippen MR) is 113 cm³/mol. The third-order valence-electron chi connectivity index (χ3n) is 4.08. The highest BCUT2D eigenvalue weighted by Crippen LogP contribution is 2.24. The molecule has 0 aliphatic heterocycles. The van der Waals surface area contributed by atoms with Crippen LogP contribution in [0.15, 0.2) is 48.5 Å². The summed E-state index contributed by atoms with van der Waals surface area (Å²) in [6.45, 7) is 6.13. The molecule has 0 aliphatic rings. The molecule has 7 heteroatoms. The van der Waals surface area contributed by atoms with Crippen molar-refractivity contribution in [1.29, 1.82) is 0 Å². The molecule has 0 spiro atoms. The molecule has 29 heavy (non-hydrogen) atoms. The van der Waals surface area contributed by atoms with Crippen molar-refractivity contribution in [3.63, 3.8) is 0 Å². The van der Waals surface area contributed by atoms with Gasteiger partial charge in [0.15, 0.2) is 0 Å². The quantitative estimate of drug-likeness (QED) is 0.748. The Bertz CT molecular complexity index is 845. The van der Waals surface area contributed by atoms with Gasteiger partial charge in [-0.1, -0.05) is 32.9 Å². The number of hydrogen-bond acceptors (Lipinski definition) is 5. The molecule has 2 aromatic rings. The van der Waals surface area contributed by atoms with Crippen molar-refractivity contribution in [2.24, 2.45) is 5.41 Å². The Morgan fingerprint density at radius 2 is 1.69 bits per heavy atom. The van der Waals surface area contributed by atoms with E-state index in [1.165, 1.54) is 4.90 Å². The molecule has 0 aromatic heterocycles. The van der Waals surface area contributed by atoms with Gasteiger partial charge < -0.3 is 19.5 Å². The van der Waals surface area contributed by atoms with Gasteiger partial charge in [-0.25, -0.2) is 4.79 Å². The zero-order valence-corrected chi connectivity index (χ0v) is 17.5. The minimum absolute atomic E-state index is 0.126. The Labute approximate surface area is 171 Å². The molecule has 0 heterocycles. The average Bonchev–Trinajstić information content (AvgIpc) is 2.68. The molecule has 2 aromatic carbocycles. The molecular weight excluding hydrogens is 372 g/mol. The molecule has 0 bridgehead atoms. The number of carbonyl (C=O) groups excluding carboxylic acids is 2. The smallest absolute Gasteiger partial charge is 0.419 e. The van der Waals surface area contributed by atoms with Crippen LogP contribution in [0.4, 0.5) is 16.2 Å². The number of benzene rings is 2. The summed E-state index contributed by atoms with van der Waals surface area (Å²) < 4.78 is 15.9. The normalized spacial score (nSPS) is 10.9. The number of methoxy groups -OCH3 is 2. The summed E-state index contributed by atoms with van der Waals surface area (Å²) in [6.07, 6.45) is -0.561. The topological polar surface area (TPSA) is 77.1 Å². The van der Waals surface area contributed by atoms with Crippen molar-refractivity contribution >= 4 is 23.4 Å². The van der Waals surface area contributed by atoms with Gasteiger partial charge >= 0.3 is 6.09 Å². The highest BCUT2D eigenvalue weighted by Gasteiger charge is 2.22. The van der Waals surface area contributed by atoms with E-state index in [1.807, 2.05) is 20.8 Å². The van der Waals surface area contributed by atoms with Gasteiger partial charge in [-0.2, -0.15) is 0 Å². The minimum Gasteiger partial charge on any atom is -0.497 e. The van der Waals surface area contributed by atoms with Crippen molar-refractivity contribution in [3.8, 4) is 11.5 Å². The highest BCUT2D eigenvalue weighted by atomic mass is 16.6. The number of anilines is 2. The average molecular weight is 400 g/mol. The Hall–Kier alpha value is -3.06. The molecule has 2 amide bonds. The number of nitrogens with zero attached hydrogens (tertiary/aromatic N) is 1. The maximum absolute atomic E-state index is 12.8. The second-order valence-corrected chi connectivity index (χ2v) is 7.45. The molecule has 1 N–H and O–H groups in total. The lowest BCUT2D eigenvalue weighted by Gasteiger charge is -2.22. The van der Waals surface area contributed by atoms with E-state index < -0.39 is 11.5 Å². The first-order valence-corrected chi connectivity index (χ1v) is 9.28. The highest BCUT2D eigenvalue weighted by molar-refractivity contribution is 5.95. The van der Waals surface area contributed by atoms with Crippen molar-refractivity contribution < 1.29 is 23.8 Å². The number of amides is 2. The second-order valence-electron chi connectivity index (χ2n) is 7.45. The Kier molecular flexibility index (Phi) is 7.61. The van der Waals surface area contributed by atoms with E-state index in [-0.39, 0.29) is 5.91 Å². The molecule has 0 unspecified atom stereocenters. The van der Waals surface area contributed by atoms with Crippen LogP contribution in [0.3, 0.4) is 0 Å². The first kappa shape index (κ1) is 22.2. The van der Waals surface area contributed by atoms with E-state index in [0.29, 0.717) is 36.0 Å². The Morgan fingerprint density at radius 1 is 1.00 bits per heavy atom. The Balaban J connectivity index is 2.18. The summed E-state index contributed by atoms with van der Waals surface area (Å²) >= 11 is 0.